The monoisotopic (exact) mass is 111 g/mol. The Bertz CT molecular complexity index is 140. The zero-order chi connectivity index (χ0) is 5.82. The first-order valence-corrected chi connectivity index (χ1v) is 2.11. The molecule has 0 fully saturated rings. The molecule has 0 bridgehead atoms. The van der Waals surface area contributed by atoms with Gasteiger partial charge in [-0.2, -0.15) is 0 Å². The number of rotatable bonds is 1. The summed E-state index contributed by atoms with van der Waals surface area (Å²) in [4.78, 5) is 13.6. The second-order valence-corrected chi connectivity index (χ2v) is 1.22. The number of hydrazine groups is 1. The maximum absolute atomic E-state index is 9.90. The van der Waals surface area contributed by atoms with E-state index in [1.165, 1.54) is 11.3 Å². The van der Waals surface area contributed by atoms with E-state index in [1.807, 2.05) is 0 Å². The van der Waals surface area contributed by atoms with Crippen LogP contribution in [0, 0.1) is 0 Å². The lowest BCUT2D eigenvalue weighted by Gasteiger charge is -2.11. The number of nitrogens with one attached hydrogen (secondary N) is 1. The van der Waals surface area contributed by atoms with Gasteiger partial charge in [0.05, 0.1) is 0 Å². The molecule has 4 nitrogen and oxygen atoms in total. The van der Waals surface area contributed by atoms with Crippen LogP contribution in [-0.4, -0.2) is 17.8 Å². The zero-order valence-corrected chi connectivity index (χ0v) is 4.11. The number of amides is 1. The van der Waals surface area contributed by atoms with Crippen LogP contribution in [0.4, 0.5) is 0 Å². The van der Waals surface area contributed by atoms with E-state index in [-0.39, 0.29) is 0 Å². The molecule has 1 rings (SSSR count). The second kappa shape index (κ2) is 2.11. The maximum Gasteiger partial charge on any atom is 0.233 e. The molecule has 4 heteroatoms. The molecule has 1 aliphatic heterocycles. The van der Waals surface area contributed by atoms with Crippen LogP contribution in [0.3, 0.4) is 0 Å². The SMILES string of the molecule is O=CN1C=NC=CN1. The second-order valence-electron chi connectivity index (χ2n) is 1.22. The Labute approximate surface area is 46.5 Å². The van der Waals surface area contributed by atoms with Gasteiger partial charge in [-0.3, -0.25) is 10.2 Å². The number of hydrogen-bond donors (Lipinski definition) is 1. The van der Waals surface area contributed by atoms with E-state index in [0.717, 1.165) is 0 Å². The van der Waals surface area contributed by atoms with Crippen LogP contribution >= 0.6 is 0 Å². The molecule has 0 aromatic carbocycles. The number of nitrogens with zero attached hydrogens (tertiary/aromatic N) is 2. The molecule has 1 aliphatic rings. The first kappa shape index (κ1) is 4.83. The summed E-state index contributed by atoms with van der Waals surface area (Å²) in [5.41, 5.74) is 2.60. The number of aliphatic imine (C=N–C) groups is 1. The highest BCUT2D eigenvalue weighted by atomic mass is 16.1. The van der Waals surface area contributed by atoms with Gasteiger partial charge in [0, 0.05) is 12.4 Å². The van der Waals surface area contributed by atoms with Crippen molar-refractivity contribution in [1.29, 1.82) is 0 Å². The average molecular weight is 111 g/mol. The topological polar surface area (TPSA) is 44.7 Å². The lowest BCUT2D eigenvalue weighted by molar-refractivity contribution is -0.116. The Morgan fingerprint density at radius 2 is 2.62 bits per heavy atom. The molecular weight excluding hydrogens is 106 g/mol. The van der Waals surface area contributed by atoms with E-state index >= 15 is 0 Å². The fourth-order valence-corrected chi connectivity index (χ4v) is 0.364. The molecule has 0 radical (unpaired) electrons. The fourth-order valence-electron chi connectivity index (χ4n) is 0.364. The smallest absolute Gasteiger partial charge is 0.233 e. The van der Waals surface area contributed by atoms with Gasteiger partial charge in [-0.15, -0.1) is 0 Å². The molecule has 0 saturated carbocycles. The minimum atomic E-state index is 0.632. The number of carbonyl (C=O) groups is 1. The molecule has 8 heavy (non-hydrogen) atoms. The first-order chi connectivity index (χ1) is 3.93. The van der Waals surface area contributed by atoms with Gasteiger partial charge < -0.3 is 0 Å². The van der Waals surface area contributed by atoms with Crippen molar-refractivity contribution in [3.05, 3.63) is 12.4 Å². The Kier molecular flexibility index (Phi) is 1.27. The summed E-state index contributed by atoms with van der Waals surface area (Å²) in [6.45, 7) is 0. The Balaban J connectivity index is 2.51. The van der Waals surface area contributed by atoms with Gasteiger partial charge in [0.15, 0.2) is 0 Å². The summed E-state index contributed by atoms with van der Waals surface area (Å²) >= 11 is 0. The Morgan fingerprint density at radius 1 is 1.75 bits per heavy atom. The summed E-state index contributed by atoms with van der Waals surface area (Å²) in [5, 5.41) is 1.21. The molecule has 0 aromatic rings. The van der Waals surface area contributed by atoms with Crippen LogP contribution in [0.15, 0.2) is 17.4 Å². The number of hydrogen-bond acceptors (Lipinski definition) is 3. The maximum atomic E-state index is 9.90. The molecule has 0 aliphatic carbocycles. The highest BCUT2D eigenvalue weighted by molar-refractivity contribution is 5.72. The Morgan fingerprint density at radius 3 is 3.00 bits per heavy atom. The molecule has 42 valence electrons. The minimum absolute atomic E-state index is 0.632. The molecular formula is C4H5N3O. The molecule has 0 aromatic heterocycles. The van der Waals surface area contributed by atoms with Crippen LogP contribution in [-0.2, 0) is 4.79 Å². The van der Waals surface area contributed by atoms with E-state index in [1.54, 1.807) is 12.4 Å². The van der Waals surface area contributed by atoms with Gasteiger partial charge in [0.2, 0.25) is 6.41 Å². The molecule has 1 N–H and O–H groups in total. The van der Waals surface area contributed by atoms with Gasteiger partial charge in [0.1, 0.15) is 6.34 Å². The summed E-state index contributed by atoms with van der Waals surface area (Å²) in [7, 11) is 0. The van der Waals surface area contributed by atoms with E-state index in [4.69, 9.17) is 0 Å². The van der Waals surface area contributed by atoms with Crippen molar-refractivity contribution in [3.63, 3.8) is 0 Å². The van der Waals surface area contributed by atoms with Crippen molar-refractivity contribution in [1.82, 2.24) is 10.4 Å². The van der Waals surface area contributed by atoms with Gasteiger partial charge in [-0.05, 0) is 0 Å². The minimum Gasteiger partial charge on any atom is -0.296 e. The van der Waals surface area contributed by atoms with Crippen molar-refractivity contribution in [2.45, 2.75) is 0 Å². The molecule has 0 saturated heterocycles. The highest BCUT2D eigenvalue weighted by Gasteiger charge is 1.91. The van der Waals surface area contributed by atoms with E-state index in [9.17, 15) is 4.79 Å². The van der Waals surface area contributed by atoms with Crippen molar-refractivity contribution in [2.24, 2.45) is 4.99 Å². The zero-order valence-electron chi connectivity index (χ0n) is 4.11. The van der Waals surface area contributed by atoms with Gasteiger partial charge >= 0.3 is 0 Å². The summed E-state index contributed by atoms with van der Waals surface area (Å²) in [6.07, 6.45) is 5.13. The summed E-state index contributed by atoms with van der Waals surface area (Å²) < 4.78 is 0. The predicted octanol–water partition coefficient (Wildman–Crippen LogP) is -0.538. The predicted molar refractivity (Wildman–Crippen MR) is 28.7 cm³/mol. The highest BCUT2D eigenvalue weighted by Crippen LogP contribution is 1.80. The van der Waals surface area contributed by atoms with Gasteiger partial charge in [0.25, 0.3) is 0 Å². The molecule has 0 unspecified atom stereocenters. The van der Waals surface area contributed by atoms with Crippen LogP contribution in [0.25, 0.3) is 0 Å². The summed E-state index contributed by atoms with van der Waals surface area (Å²) in [5.74, 6) is 0. The third-order valence-electron chi connectivity index (χ3n) is 0.689. The quantitative estimate of drug-likeness (QED) is 0.462. The van der Waals surface area contributed by atoms with Crippen LogP contribution in [0.5, 0.6) is 0 Å². The van der Waals surface area contributed by atoms with Crippen LogP contribution < -0.4 is 5.43 Å². The van der Waals surface area contributed by atoms with Crippen molar-refractivity contribution < 1.29 is 4.79 Å². The standard InChI is InChI=1S/C4H5N3O/c8-4-7-3-5-1-2-6-7/h1-4,6H. The molecule has 1 heterocycles. The van der Waals surface area contributed by atoms with Crippen molar-refractivity contribution in [2.75, 3.05) is 0 Å². The molecule has 0 atom stereocenters. The normalized spacial score (nSPS) is 15.8. The molecule has 1 amide bonds. The van der Waals surface area contributed by atoms with Crippen LogP contribution in [0.2, 0.25) is 0 Å². The van der Waals surface area contributed by atoms with Gasteiger partial charge in [-0.1, -0.05) is 0 Å². The van der Waals surface area contributed by atoms with Crippen LogP contribution in [0.1, 0.15) is 0 Å². The lowest BCUT2D eigenvalue weighted by atomic mass is 10.8. The first-order valence-electron chi connectivity index (χ1n) is 2.11. The van der Waals surface area contributed by atoms with Gasteiger partial charge in [-0.25, -0.2) is 10.0 Å². The van der Waals surface area contributed by atoms with E-state index < -0.39 is 0 Å². The fraction of sp³-hybridized carbons (Fsp3) is 0. The van der Waals surface area contributed by atoms with E-state index in [0.29, 0.717) is 6.41 Å². The summed E-state index contributed by atoms with van der Waals surface area (Å²) in [6, 6.07) is 0. The Hall–Kier alpha value is -1.32. The third kappa shape index (κ3) is 0.841. The van der Waals surface area contributed by atoms with E-state index in [2.05, 4.69) is 10.4 Å². The molecule has 0 spiro atoms. The lowest BCUT2D eigenvalue weighted by Crippen LogP contribution is -2.32. The average Bonchev–Trinajstić information content (AvgIpc) is 1.90. The van der Waals surface area contributed by atoms with Crippen molar-refractivity contribution in [3.8, 4) is 0 Å². The van der Waals surface area contributed by atoms with Crippen molar-refractivity contribution >= 4 is 12.7 Å². The number of carbonyl (C=O) groups excluding carboxylic acids is 1. The third-order valence-corrected chi connectivity index (χ3v) is 0.689. The largest absolute Gasteiger partial charge is 0.296 e.